The molecule has 0 bridgehead atoms. The summed E-state index contributed by atoms with van der Waals surface area (Å²) in [5, 5.41) is 3.26. The number of aromatic nitrogens is 2. The standard InChI is InChI=1S/C32H31FN6O2/c1-38(2)23-14-15-39(19-23)31(40)20-8-10-22(11-9-20)36-32-35-18-21-17-34-30(26-6-4-5-7-28(26)33)27-16-24(41-3)12-13-25(27)29(21)37-32/h4-13,16,18,23H,14-15,17,19H2,1-3H3,(H,35,36,37). The first kappa shape index (κ1) is 26.6. The average molecular weight is 551 g/mol. The van der Waals surface area contributed by atoms with E-state index in [-0.39, 0.29) is 11.7 Å². The molecule has 0 radical (unpaired) electrons. The van der Waals surface area contributed by atoms with Crippen LogP contribution in [0, 0.1) is 5.82 Å². The molecule has 0 saturated carbocycles. The van der Waals surface area contributed by atoms with Crippen LogP contribution >= 0.6 is 0 Å². The highest BCUT2D eigenvalue weighted by molar-refractivity contribution is 6.17. The number of nitrogens with one attached hydrogen (secondary N) is 1. The fourth-order valence-electron chi connectivity index (χ4n) is 5.36. The van der Waals surface area contributed by atoms with Gasteiger partial charge in [-0.05, 0) is 75.1 Å². The number of amides is 1. The summed E-state index contributed by atoms with van der Waals surface area (Å²) in [6, 6.07) is 20.0. The summed E-state index contributed by atoms with van der Waals surface area (Å²) in [5.74, 6) is 0.750. The smallest absolute Gasteiger partial charge is 0.253 e. The number of likely N-dealkylation sites (N-methyl/N-ethyl adjacent to an activating group) is 1. The number of hydrogen-bond acceptors (Lipinski definition) is 7. The number of fused-ring (bicyclic) bond motifs is 3. The van der Waals surface area contributed by atoms with Gasteiger partial charge in [-0.15, -0.1) is 0 Å². The van der Waals surface area contributed by atoms with Crippen molar-refractivity contribution in [1.29, 1.82) is 0 Å². The van der Waals surface area contributed by atoms with Crippen LogP contribution in [0.15, 0.2) is 77.9 Å². The van der Waals surface area contributed by atoms with Crippen molar-refractivity contribution in [3.63, 3.8) is 0 Å². The van der Waals surface area contributed by atoms with Crippen molar-refractivity contribution < 1.29 is 13.9 Å². The van der Waals surface area contributed by atoms with Crippen LogP contribution in [0.3, 0.4) is 0 Å². The number of methoxy groups -OCH3 is 1. The number of halogens is 1. The maximum atomic E-state index is 14.9. The molecule has 208 valence electrons. The number of anilines is 2. The van der Waals surface area contributed by atoms with Gasteiger partial charge < -0.3 is 19.9 Å². The molecule has 2 aliphatic heterocycles. The Bertz CT molecular complexity index is 1640. The molecule has 3 heterocycles. The van der Waals surface area contributed by atoms with Crippen molar-refractivity contribution in [1.82, 2.24) is 19.8 Å². The minimum absolute atomic E-state index is 0.0415. The molecular formula is C32H31FN6O2. The molecule has 8 nitrogen and oxygen atoms in total. The van der Waals surface area contributed by atoms with E-state index >= 15 is 0 Å². The molecule has 9 heteroatoms. The van der Waals surface area contributed by atoms with Gasteiger partial charge in [0.25, 0.3) is 5.91 Å². The highest BCUT2D eigenvalue weighted by Crippen LogP contribution is 2.35. The Labute approximate surface area is 238 Å². The van der Waals surface area contributed by atoms with Crippen LogP contribution in [0.2, 0.25) is 0 Å². The van der Waals surface area contributed by atoms with Crippen LogP contribution < -0.4 is 10.1 Å². The third kappa shape index (κ3) is 5.28. The number of ether oxygens (including phenoxy) is 1. The zero-order valence-corrected chi connectivity index (χ0v) is 23.3. The van der Waals surface area contributed by atoms with E-state index in [1.807, 2.05) is 61.5 Å². The Kier molecular flexibility index (Phi) is 7.19. The van der Waals surface area contributed by atoms with Crippen LogP contribution in [-0.2, 0) is 6.54 Å². The van der Waals surface area contributed by atoms with Crippen LogP contribution in [-0.4, -0.2) is 71.7 Å². The molecule has 1 unspecified atom stereocenters. The van der Waals surface area contributed by atoms with Crippen LogP contribution in [0.1, 0.15) is 33.5 Å². The van der Waals surface area contributed by atoms with Gasteiger partial charge in [0.05, 0.1) is 25.1 Å². The lowest BCUT2D eigenvalue weighted by Gasteiger charge is -2.20. The Balaban J connectivity index is 1.27. The van der Waals surface area contributed by atoms with E-state index in [0.717, 1.165) is 41.9 Å². The SMILES string of the molecule is COc1ccc2c(c1)C(c1ccccc1F)=NCc1cnc(Nc3ccc(C(=O)N4CCC(N(C)C)C4)cc3)nc1-2. The van der Waals surface area contributed by atoms with Gasteiger partial charge in [0, 0.05) is 58.8 Å². The van der Waals surface area contributed by atoms with Gasteiger partial charge >= 0.3 is 0 Å². The van der Waals surface area contributed by atoms with Gasteiger partial charge in [-0.25, -0.2) is 14.4 Å². The Morgan fingerprint density at radius 3 is 2.59 bits per heavy atom. The van der Waals surface area contributed by atoms with Crippen molar-refractivity contribution in [3.8, 4) is 17.0 Å². The molecule has 1 saturated heterocycles. The maximum absolute atomic E-state index is 14.9. The van der Waals surface area contributed by atoms with E-state index in [4.69, 9.17) is 14.7 Å². The molecule has 0 aliphatic carbocycles. The molecule has 1 amide bonds. The summed E-state index contributed by atoms with van der Waals surface area (Å²) in [6.45, 7) is 1.81. The number of carbonyl (C=O) groups excluding carboxylic acids is 1. The van der Waals surface area contributed by atoms with E-state index in [1.54, 1.807) is 31.5 Å². The zero-order valence-electron chi connectivity index (χ0n) is 23.3. The van der Waals surface area contributed by atoms with Crippen molar-refractivity contribution in [2.24, 2.45) is 4.99 Å². The Morgan fingerprint density at radius 1 is 1.05 bits per heavy atom. The number of hydrogen-bond donors (Lipinski definition) is 1. The Hall–Kier alpha value is -4.63. The number of benzene rings is 3. The number of carbonyl (C=O) groups is 1. The third-order valence-corrected chi connectivity index (χ3v) is 7.71. The first-order valence-electron chi connectivity index (χ1n) is 13.6. The van der Waals surface area contributed by atoms with Gasteiger partial charge in [0.2, 0.25) is 5.95 Å². The maximum Gasteiger partial charge on any atom is 0.253 e. The molecule has 41 heavy (non-hydrogen) atoms. The summed E-state index contributed by atoms with van der Waals surface area (Å²) in [4.78, 5) is 31.2. The molecule has 1 atom stereocenters. The average Bonchev–Trinajstić information content (AvgIpc) is 3.44. The van der Waals surface area contributed by atoms with E-state index in [1.165, 1.54) is 6.07 Å². The van der Waals surface area contributed by atoms with Crippen LogP contribution in [0.25, 0.3) is 11.3 Å². The van der Waals surface area contributed by atoms with Gasteiger partial charge in [-0.2, -0.15) is 0 Å². The van der Waals surface area contributed by atoms with Gasteiger partial charge in [-0.1, -0.05) is 12.1 Å². The van der Waals surface area contributed by atoms with Gasteiger partial charge in [0.1, 0.15) is 11.6 Å². The summed E-state index contributed by atoms with van der Waals surface area (Å²) in [5.41, 5.74) is 5.47. The molecule has 4 aromatic rings. The quantitative estimate of drug-likeness (QED) is 0.357. The highest BCUT2D eigenvalue weighted by atomic mass is 19.1. The third-order valence-electron chi connectivity index (χ3n) is 7.71. The predicted molar refractivity (Wildman–Crippen MR) is 157 cm³/mol. The van der Waals surface area contributed by atoms with E-state index in [2.05, 4.69) is 15.2 Å². The second-order valence-electron chi connectivity index (χ2n) is 10.5. The number of likely N-dealkylation sites (tertiary alicyclic amines) is 1. The summed E-state index contributed by atoms with van der Waals surface area (Å²) in [7, 11) is 5.70. The van der Waals surface area contributed by atoms with Crippen LogP contribution in [0.4, 0.5) is 16.0 Å². The van der Waals surface area contributed by atoms with Gasteiger partial charge in [-0.3, -0.25) is 9.79 Å². The fraction of sp³-hybridized carbons (Fsp3) is 0.250. The molecule has 3 aromatic carbocycles. The minimum atomic E-state index is -0.344. The molecular weight excluding hydrogens is 519 g/mol. The minimum Gasteiger partial charge on any atom is -0.497 e. The first-order chi connectivity index (χ1) is 19.9. The lowest BCUT2D eigenvalue weighted by Crippen LogP contribution is -2.34. The van der Waals surface area contributed by atoms with Crippen molar-refractivity contribution in [3.05, 3.63) is 101 Å². The predicted octanol–water partition coefficient (Wildman–Crippen LogP) is 5.16. The lowest BCUT2D eigenvalue weighted by atomic mass is 9.95. The summed E-state index contributed by atoms with van der Waals surface area (Å²) < 4.78 is 20.3. The molecule has 1 fully saturated rings. The second-order valence-corrected chi connectivity index (χ2v) is 10.5. The summed E-state index contributed by atoms with van der Waals surface area (Å²) >= 11 is 0. The van der Waals surface area contributed by atoms with Crippen molar-refractivity contribution in [2.75, 3.05) is 39.6 Å². The second kappa shape index (κ2) is 11.1. The molecule has 1 aromatic heterocycles. The zero-order chi connectivity index (χ0) is 28.5. The number of aliphatic imine (C=N–C) groups is 1. The van der Waals surface area contributed by atoms with Crippen LogP contribution in [0.5, 0.6) is 5.75 Å². The van der Waals surface area contributed by atoms with E-state index in [9.17, 15) is 9.18 Å². The molecule has 6 rings (SSSR count). The topological polar surface area (TPSA) is 83.0 Å². The fourth-order valence-corrected chi connectivity index (χ4v) is 5.36. The number of rotatable bonds is 6. The number of nitrogens with zero attached hydrogens (tertiary/aromatic N) is 5. The Morgan fingerprint density at radius 2 is 1.85 bits per heavy atom. The van der Waals surface area contributed by atoms with Gasteiger partial charge in [0.15, 0.2) is 0 Å². The summed E-state index contributed by atoms with van der Waals surface area (Å²) in [6.07, 6.45) is 2.73. The molecule has 2 aliphatic rings. The monoisotopic (exact) mass is 550 g/mol. The normalized spacial score (nSPS) is 16.1. The molecule has 1 N–H and O–H groups in total. The van der Waals surface area contributed by atoms with Crippen molar-refractivity contribution in [2.45, 2.75) is 19.0 Å². The lowest BCUT2D eigenvalue weighted by molar-refractivity contribution is 0.0783. The van der Waals surface area contributed by atoms with E-state index < -0.39 is 0 Å². The molecule has 0 spiro atoms. The highest BCUT2D eigenvalue weighted by Gasteiger charge is 2.28. The first-order valence-corrected chi connectivity index (χ1v) is 13.6. The van der Waals surface area contributed by atoms with Crippen molar-refractivity contribution >= 4 is 23.3 Å². The van der Waals surface area contributed by atoms with E-state index in [0.29, 0.717) is 46.8 Å². The largest absolute Gasteiger partial charge is 0.497 e.